The van der Waals surface area contributed by atoms with E-state index in [0.717, 1.165) is 10.2 Å². The normalized spacial score (nSPS) is 12.7. The minimum atomic E-state index is -0.322. The fourth-order valence-corrected chi connectivity index (χ4v) is 3.62. The summed E-state index contributed by atoms with van der Waals surface area (Å²) in [6, 6.07) is 8.84. The van der Waals surface area contributed by atoms with Gasteiger partial charge in [0.25, 0.3) is 5.91 Å². The Hall–Kier alpha value is -3.00. The number of nitrogens with zero attached hydrogens (tertiary/aromatic N) is 1. The number of aromatic nitrogens is 1. The number of carbonyl (C=O) groups is 1. The summed E-state index contributed by atoms with van der Waals surface area (Å²) in [6.07, 6.45) is 0. The molecule has 0 bridgehead atoms. The Balaban J connectivity index is 1.64. The molecule has 0 spiro atoms. The summed E-state index contributed by atoms with van der Waals surface area (Å²) in [7, 11) is 3.02. The van der Waals surface area contributed by atoms with Gasteiger partial charge in [-0.2, -0.15) is 0 Å². The van der Waals surface area contributed by atoms with Crippen LogP contribution >= 0.6 is 11.3 Å². The predicted molar refractivity (Wildman–Crippen MR) is 98.1 cm³/mol. The Morgan fingerprint density at radius 1 is 1.15 bits per heavy atom. The number of nitrogens with one attached hydrogen (secondary N) is 1. The van der Waals surface area contributed by atoms with Crippen molar-refractivity contribution in [2.75, 3.05) is 32.8 Å². The lowest BCUT2D eigenvalue weighted by Gasteiger charge is -2.17. The van der Waals surface area contributed by atoms with Crippen LogP contribution in [0.3, 0.4) is 0 Å². The van der Waals surface area contributed by atoms with Gasteiger partial charge in [0.05, 0.1) is 30.0 Å². The van der Waals surface area contributed by atoms with Crippen LogP contribution in [0, 0.1) is 0 Å². The monoisotopic (exact) mass is 372 g/mol. The van der Waals surface area contributed by atoms with E-state index in [9.17, 15) is 4.79 Å². The van der Waals surface area contributed by atoms with E-state index in [-0.39, 0.29) is 5.91 Å². The molecule has 1 N–H and O–H groups in total. The number of methoxy groups -OCH3 is 2. The minimum absolute atomic E-state index is 0.322. The Labute approximate surface area is 153 Å². The molecule has 0 atom stereocenters. The fourth-order valence-electron chi connectivity index (χ4n) is 2.75. The van der Waals surface area contributed by atoms with Crippen molar-refractivity contribution in [2.45, 2.75) is 0 Å². The van der Waals surface area contributed by atoms with Crippen LogP contribution in [-0.4, -0.2) is 38.3 Å². The molecular weight excluding hydrogens is 356 g/mol. The molecule has 0 saturated carbocycles. The van der Waals surface area contributed by atoms with Crippen LogP contribution < -0.4 is 24.3 Å². The molecule has 4 rings (SSSR count). The highest BCUT2D eigenvalue weighted by atomic mass is 32.1. The SMILES string of the molecule is COc1cccc(C(=O)Nc2nc3cc4c(cc3s2)OCCO4)c1OC. The van der Waals surface area contributed by atoms with E-state index in [1.54, 1.807) is 18.2 Å². The van der Waals surface area contributed by atoms with E-state index in [4.69, 9.17) is 18.9 Å². The van der Waals surface area contributed by atoms with Gasteiger partial charge < -0.3 is 18.9 Å². The maximum absolute atomic E-state index is 12.7. The zero-order valence-corrected chi connectivity index (χ0v) is 15.0. The molecule has 1 aromatic heterocycles. The van der Waals surface area contributed by atoms with E-state index in [0.29, 0.717) is 46.9 Å². The molecular formula is C18H16N2O5S. The Bertz CT molecular complexity index is 942. The predicted octanol–water partition coefficient (Wildman–Crippen LogP) is 3.34. The number of thiazole rings is 1. The van der Waals surface area contributed by atoms with E-state index in [2.05, 4.69) is 10.3 Å². The van der Waals surface area contributed by atoms with Crippen LogP contribution in [0.15, 0.2) is 30.3 Å². The highest BCUT2D eigenvalue weighted by Gasteiger charge is 2.19. The molecule has 8 heteroatoms. The number of fused-ring (bicyclic) bond motifs is 2. The van der Waals surface area contributed by atoms with Crippen molar-refractivity contribution in [3.63, 3.8) is 0 Å². The molecule has 7 nitrogen and oxygen atoms in total. The molecule has 134 valence electrons. The average Bonchev–Trinajstić information content (AvgIpc) is 3.05. The molecule has 2 heterocycles. The van der Waals surface area contributed by atoms with Crippen molar-refractivity contribution >= 4 is 32.6 Å². The highest BCUT2D eigenvalue weighted by Crippen LogP contribution is 2.38. The average molecular weight is 372 g/mol. The lowest BCUT2D eigenvalue weighted by Crippen LogP contribution is -2.15. The van der Waals surface area contributed by atoms with E-state index in [1.807, 2.05) is 12.1 Å². The van der Waals surface area contributed by atoms with Gasteiger partial charge >= 0.3 is 0 Å². The number of carbonyl (C=O) groups excluding carboxylic acids is 1. The van der Waals surface area contributed by atoms with Crippen LogP contribution in [0.5, 0.6) is 23.0 Å². The van der Waals surface area contributed by atoms with Crippen LogP contribution in [0.2, 0.25) is 0 Å². The van der Waals surface area contributed by atoms with Gasteiger partial charge in [-0.15, -0.1) is 0 Å². The van der Waals surface area contributed by atoms with Gasteiger partial charge in [0.15, 0.2) is 28.1 Å². The second kappa shape index (κ2) is 6.72. The molecule has 26 heavy (non-hydrogen) atoms. The first kappa shape index (κ1) is 16.5. The maximum Gasteiger partial charge on any atom is 0.261 e. The number of para-hydroxylation sites is 1. The van der Waals surface area contributed by atoms with Gasteiger partial charge in [0.1, 0.15) is 13.2 Å². The van der Waals surface area contributed by atoms with E-state index < -0.39 is 0 Å². The first-order valence-electron chi connectivity index (χ1n) is 7.92. The lowest BCUT2D eigenvalue weighted by molar-refractivity contribution is 0.102. The van der Waals surface area contributed by atoms with Crippen molar-refractivity contribution in [2.24, 2.45) is 0 Å². The summed E-state index contributed by atoms with van der Waals surface area (Å²) < 4.78 is 22.6. The summed E-state index contributed by atoms with van der Waals surface area (Å²) >= 11 is 1.37. The number of anilines is 1. The molecule has 0 radical (unpaired) electrons. The smallest absolute Gasteiger partial charge is 0.261 e. The summed E-state index contributed by atoms with van der Waals surface area (Å²) in [4.78, 5) is 17.1. The minimum Gasteiger partial charge on any atom is -0.493 e. The van der Waals surface area contributed by atoms with E-state index in [1.165, 1.54) is 25.6 Å². The first-order chi connectivity index (χ1) is 12.7. The molecule has 1 aliphatic rings. The van der Waals surface area contributed by atoms with E-state index >= 15 is 0 Å². The van der Waals surface area contributed by atoms with Gasteiger partial charge in [0, 0.05) is 12.1 Å². The van der Waals surface area contributed by atoms with Gasteiger partial charge in [0.2, 0.25) is 0 Å². The van der Waals surface area contributed by atoms with Gasteiger partial charge in [-0.1, -0.05) is 17.4 Å². The molecule has 0 aliphatic carbocycles. The third-order valence-corrected chi connectivity index (χ3v) is 4.85. The number of amides is 1. The lowest BCUT2D eigenvalue weighted by atomic mass is 10.1. The van der Waals surface area contributed by atoms with Crippen molar-refractivity contribution in [1.29, 1.82) is 0 Å². The van der Waals surface area contributed by atoms with Gasteiger partial charge in [-0.05, 0) is 12.1 Å². The number of benzene rings is 2. The number of ether oxygens (including phenoxy) is 4. The Morgan fingerprint density at radius 2 is 1.92 bits per heavy atom. The standard InChI is InChI=1S/C18H16N2O5S/c1-22-12-5-3-4-10(16(12)23-2)17(21)20-18-19-11-8-13-14(9-15(11)26-18)25-7-6-24-13/h3-5,8-9H,6-7H2,1-2H3,(H,19,20,21). The molecule has 0 saturated heterocycles. The van der Waals surface area contributed by atoms with Crippen molar-refractivity contribution < 1.29 is 23.7 Å². The Kier molecular flexibility index (Phi) is 4.26. The van der Waals surface area contributed by atoms with Crippen LogP contribution in [0.25, 0.3) is 10.2 Å². The van der Waals surface area contributed by atoms with Crippen LogP contribution in [0.4, 0.5) is 5.13 Å². The van der Waals surface area contributed by atoms with Crippen molar-refractivity contribution in [3.8, 4) is 23.0 Å². The summed E-state index contributed by atoms with van der Waals surface area (Å²) in [5.74, 6) is 1.91. The zero-order chi connectivity index (χ0) is 18.1. The molecule has 2 aromatic carbocycles. The second-order valence-electron chi connectivity index (χ2n) is 5.48. The summed E-state index contributed by atoms with van der Waals surface area (Å²) in [6.45, 7) is 1.04. The van der Waals surface area contributed by atoms with Crippen LogP contribution in [-0.2, 0) is 0 Å². The Morgan fingerprint density at radius 3 is 2.65 bits per heavy atom. The van der Waals surface area contributed by atoms with Gasteiger partial charge in [-0.25, -0.2) is 4.98 Å². The number of hydrogen-bond acceptors (Lipinski definition) is 7. The highest BCUT2D eigenvalue weighted by molar-refractivity contribution is 7.22. The third kappa shape index (κ3) is 2.88. The molecule has 0 unspecified atom stereocenters. The van der Waals surface area contributed by atoms with Gasteiger partial charge in [-0.3, -0.25) is 10.1 Å². The summed E-state index contributed by atoms with van der Waals surface area (Å²) in [5, 5.41) is 3.30. The molecule has 1 amide bonds. The third-order valence-electron chi connectivity index (χ3n) is 3.92. The summed E-state index contributed by atoms with van der Waals surface area (Å²) in [5.41, 5.74) is 1.12. The molecule has 1 aliphatic heterocycles. The molecule has 0 fully saturated rings. The second-order valence-corrected chi connectivity index (χ2v) is 6.51. The zero-order valence-electron chi connectivity index (χ0n) is 14.2. The van der Waals surface area contributed by atoms with Crippen LogP contribution in [0.1, 0.15) is 10.4 Å². The van der Waals surface area contributed by atoms with Crippen molar-refractivity contribution in [1.82, 2.24) is 4.98 Å². The number of rotatable bonds is 4. The maximum atomic E-state index is 12.7. The topological polar surface area (TPSA) is 78.9 Å². The quantitative estimate of drug-likeness (QED) is 0.757. The fraction of sp³-hybridized carbons (Fsp3) is 0.222. The first-order valence-corrected chi connectivity index (χ1v) is 8.74. The number of hydrogen-bond donors (Lipinski definition) is 1. The van der Waals surface area contributed by atoms with Crippen molar-refractivity contribution in [3.05, 3.63) is 35.9 Å². The molecule has 3 aromatic rings. The largest absolute Gasteiger partial charge is 0.493 e.